The molecule has 3 rings (SSSR count). The Morgan fingerprint density at radius 2 is 2.10 bits per heavy atom. The van der Waals surface area contributed by atoms with Crippen LogP contribution in [0, 0.1) is 13.8 Å². The minimum absolute atomic E-state index is 0.0374. The van der Waals surface area contributed by atoms with Crippen LogP contribution in [-0.2, 0) is 25.4 Å². The molecule has 1 aliphatic rings. The largest absolute Gasteiger partial charge is 0.372 e. The van der Waals surface area contributed by atoms with Crippen molar-refractivity contribution in [3.05, 3.63) is 22.8 Å². The normalized spacial score (nSPS) is 22.1. The van der Waals surface area contributed by atoms with Crippen molar-refractivity contribution in [2.75, 3.05) is 6.61 Å². The number of hydrogen-bond acceptors (Lipinski definition) is 6. The molecule has 1 fully saturated rings. The van der Waals surface area contributed by atoms with Crippen LogP contribution in [0.3, 0.4) is 0 Å². The lowest BCUT2D eigenvalue weighted by Gasteiger charge is -2.20. The smallest absolute Gasteiger partial charge is 0.188 e. The molecule has 21 heavy (non-hydrogen) atoms. The molecule has 0 saturated carbocycles. The monoisotopic (exact) mass is 291 g/mol. The van der Waals surface area contributed by atoms with Gasteiger partial charge < -0.3 is 10.1 Å². The fourth-order valence-corrected chi connectivity index (χ4v) is 2.90. The molecule has 1 saturated heterocycles. The molecular weight excluding hydrogens is 270 g/mol. The van der Waals surface area contributed by atoms with Gasteiger partial charge in [0.2, 0.25) is 0 Å². The second-order valence-corrected chi connectivity index (χ2v) is 5.47. The first-order chi connectivity index (χ1) is 10.1. The predicted octanol–water partition coefficient (Wildman–Crippen LogP) is 0.180. The van der Waals surface area contributed by atoms with Crippen molar-refractivity contribution < 1.29 is 4.74 Å². The molecule has 2 aromatic heterocycles. The minimum atomic E-state index is 0.0374. The Balaban J connectivity index is 1.73. The van der Waals surface area contributed by atoms with Crippen molar-refractivity contribution in [1.82, 2.24) is 35.3 Å². The number of tetrazole rings is 1. The Morgan fingerprint density at radius 3 is 2.71 bits per heavy atom. The quantitative estimate of drug-likeness (QED) is 0.865. The summed E-state index contributed by atoms with van der Waals surface area (Å²) < 4.78 is 7.85. The number of aromatic nitrogens is 6. The average molecular weight is 291 g/mol. The molecule has 0 amide bonds. The molecule has 8 heteroatoms. The van der Waals surface area contributed by atoms with Gasteiger partial charge in [-0.1, -0.05) is 0 Å². The van der Waals surface area contributed by atoms with Crippen LogP contribution in [0.25, 0.3) is 0 Å². The topological polar surface area (TPSA) is 82.7 Å². The van der Waals surface area contributed by atoms with E-state index in [4.69, 9.17) is 4.74 Å². The van der Waals surface area contributed by atoms with Gasteiger partial charge in [0.05, 0.1) is 19.3 Å². The predicted molar refractivity (Wildman–Crippen MR) is 75.4 cm³/mol. The van der Waals surface area contributed by atoms with Crippen molar-refractivity contribution in [3.8, 4) is 0 Å². The highest BCUT2D eigenvalue weighted by Crippen LogP contribution is 2.33. The van der Waals surface area contributed by atoms with Crippen molar-refractivity contribution in [2.24, 2.45) is 14.1 Å². The van der Waals surface area contributed by atoms with E-state index in [0.29, 0.717) is 12.4 Å². The lowest BCUT2D eigenvalue weighted by atomic mass is 10.0. The molecular formula is C13H21N7O. The van der Waals surface area contributed by atoms with Crippen LogP contribution >= 0.6 is 0 Å². The summed E-state index contributed by atoms with van der Waals surface area (Å²) in [6.07, 6.45) is 1.01. The fourth-order valence-electron chi connectivity index (χ4n) is 2.90. The summed E-state index contributed by atoms with van der Waals surface area (Å²) in [6, 6.07) is 0.246. The van der Waals surface area contributed by atoms with Gasteiger partial charge in [-0.05, 0) is 25.5 Å². The van der Waals surface area contributed by atoms with Gasteiger partial charge in [-0.3, -0.25) is 4.68 Å². The number of rotatable bonds is 4. The van der Waals surface area contributed by atoms with Crippen molar-refractivity contribution in [2.45, 2.75) is 39.0 Å². The molecule has 0 bridgehead atoms. The van der Waals surface area contributed by atoms with Gasteiger partial charge in [0.1, 0.15) is 6.10 Å². The number of ether oxygens (including phenoxy) is 1. The van der Waals surface area contributed by atoms with E-state index < -0.39 is 0 Å². The third kappa shape index (κ3) is 2.68. The SMILES string of the molecule is Cc1nn(C)c(C)c1[C@H]1OCC[C@@H]1NCc1nnn(C)n1. The number of nitrogens with zero attached hydrogens (tertiary/aromatic N) is 6. The lowest BCUT2D eigenvalue weighted by molar-refractivity contribution is 0.0973. The van der Waals surface area contributed by atoms with Gasteiger partial charge in [-0.2, -0.15) is 9.90 Å². The van der Waals surface area contributed by atoms with E-state index >= 15 is 0 Å². The Labute approximate surface area is 123 Å². The van der Waals surface area contributed by atoms with Crippen LogP contribution in [0.2, 0.25) is 0 Å². The molecule has 0 aliphatic carbocycles. The van der Waals surface area contributed by atoms with E-state index in [9.17, 15) is 0 Å². The van der Waals surface area contributed by atoms with Crippen LogP contribution in [-0.4, -0.2) is 42.6 Å². The minimum Gasteiger partial charge on any atom is -0.372 e. The van der Waals surface area contributed by atoms with Crippen LogP contribution in [0.5, 0.6) is 0 Å². The molecule has 0 spiro atoms. The van der Waals surface area contributed by atoms with Crippen molar-refractivity contribution >= 4 is 0 Å². The maximum Gasteiger partial charge on any atom is 0.188 e. The van der Waals surface area contributed by atoms with Crippen LogP contribution < -0.4 is 5.32 Å². The molecule has 3 heterocycles. The highest BCUT2D eigenvalue weighted by atomic mass is 16.5. The van der Waals surface area contributed by atoms with E-state index in [2.05, 4.69) is 32.7 Å². The van der Waals surface area contributed by atoms with E-state index in [1.54, 1.807) is 7.05 Å². The zero-order valence-electron chi connectivity index (χ0n) is 12.9. The molecule has 2 atom stereocenters. The summed E-state index contributed by atoms with van der Waals surface area (Å²) in [6.45, 7) is 5.46. The lowest BCUT2D eigenvalue weighted by Crippen LogP contribution is -2.32. The second kappa shape index (κ2) is 5.53. The summed E-state index contributed by atoms with van der Waals surface area (Å²) in [4.78, 5) is 1.47. The third-order valence-electron chi connectivity index (χ3n) is 4.01. The van der Waals surface area contributed by atoms with E-state index in [1.165, 1.54) is 10.4 Å². The first-order valence-electron chi connectivity index (χ1n) is 7.14. The Bertz CT molecular complexity index is 632. The average Bonchev–Trinajstić information content (AvgIpc) is 3.10. The molecule has 8 nitrogen and oxygen atoms in total. The van der Waals surface area contributed by atoms with Gasteiger partial charge >= 0.3 is 0 Å². The Kier molecular flexibility index (Phi) is 3.73. The summed E-state index contributed by atoms with van der Waals surface area (Å²) in [7, 11) is 3.73. The van der Waals surface area contributed by atoms with Gasteiger partial charge in [0, 0.05) is 31.0 Å². The summed E-state index contributed by atoms with van der Waals surface area (Å²) >= 11 is 0. The first kappa shape index (κ1) is 14.2. The van der Waals surface area contributed by atoms with Crippen molar-refractivity contribution in [1.29, 1.82) is 0 Å². The van der Waals surface area contributed by atoms with Crippen LogP contribution in [0.4, 0.5) is 0 Å². The zero-order chi connectivity index (χ0) is 15.0. The number of nitrogens with one attached hydrogen (secondary N) is 1. The van der Waals surface area contributed by atoms with E-state index in [0.717, 1.165) is 24.4 Å². The highest BCUT2D eigenvalue weighted by molar-refractivity contribution is 5.29. The zero-order valence-corrected chi connectivity index (χ0v) is 12.9. The van der Waals surface area contributed by atoms with Crippen LogP contribution in [0.1, 0.15) is 35.3 Å². The molecule has 0 radical (unpaired) electrons. The standard InChI is InChI=1S/C13H21N7O/c1-8-12(9(2)19(3)16-8)13-10(5-6-21-13)14-7-11-15-18-20(4)17-11/h10,13-14H,5-7H2,1-4H3/t10-,13-/m0/s1. The molecule has 2 aromatic rings. The van der Waals surface area contributed by atoms with Gasteiger partial charge in [-0.15, -0.1) is 10.2 Å². The Morgan fingerprint density at radius 1 is 1.29 bits per heavy atom. The number of aryl methyl sites for hydroxylation is 3. The summed E-state index contributed by atoms with van der Waals surface area (Å²) in [5, 5.41) is 20.0. The second-order valence-electron chi connectivity index (χ2n) is 5.47. The highest BCUT2D eigenvalue weighted by Gasteiger charge is 2.33. The van der Waals surface area contributed by atoms with Gasteiger partial charge in [0.15, 0.2) is 5.82 Å². The summed E-state index contributed by atoms with van der Waals surface area (Å²) in [5.41, 5.74) is 3.38. The number of hydrogen-bond donors (Lipinski definition) is 1. The first-order valence-corrected chi connectivity index (χ1v) is 7.14. The molecule has 114 valence electrons. The Hall–Kier alpha value is -1.80. The molecule has 0 unspecified atom stereocenters. The maximum absolute atomic E-state index is 5.94. The van der Waals surface area contributed by atoms with Gasteiger partial charge in [0.25, 0.3) is 0 Å². The molecule has 1 aliphatic heterocycles. The van der Waals surface area contributed by atoms with E-state index in [-0.39, 0.29) is 12.1 Å². The third-order valence-corrected chi connectivity index (χ3v) is 4.01. The maximum atomic E-state index is 5.94. The molecule has 0 aromatic carbocycles. The van der Waals surface area contributed by atoms with E-state index in [1.807, 2.05) is 18.7 Å². The summed E-state index contributed by atoms with van der Waals surface area (Å²) in [5.74, 6) is 0.697. The molecule has 1 N–H and O–H groups in total. The van der Waals surface area contributed by atoms with Gasteiger partial charge in [-0.25, -0.2) is 0 Å². The van der Waals surface area contributed by atoms with Crippen LogP contribution in [0.15, 0.2) is 0 Å². The van der Waals surface area contributed by atoms with Crippen molar-refractivity contribution in [3.63, 3.8) is 0 Å². The fraction of sp³-hybridized carbons (Fsp3) is 0.692.